The second-order valence-corrected chi connectivity index (χ2v) is 6.57. The van der Waals surface area contributed by atoms with Crippen molar-refractivity contribution in [1.82, 2.24) is 9.55 Å². The van der Waals surface area contributed by atoms with Crippen molar-refractivity contribution in [3.63, 3.8) is 0 Å². The Hall–Kier alpha value is -2.37. The Morgan fingerprint density at radius 3 is 2.41 bits per heavy atom. The van der Waals surface area contributed by atoms with Crippen molar-refractivity contribution >= 4 is 40.8 Å². The maximum atomic E-state index is 14.4. The second kappa shape index (κ2) is 9.53. The molecule has 140 valence electrons. The number of imidazole rings is 1. The molecule has 2 aromatic carbocycles. The van der Waals surface area contributed by atoms with Gasteiger partial charge in [0.25, 0.3) is 0 Å². The minimum absolute atomic E-state index is 0.333. The SMILES string of the molecule is Fc1cc(N(CCCl)CCCl)ccc1C=Nc1ccc(-n2ccnc2)cc1. The molecule has 0 spiro atoms. The van der Waals surface area contributed by atoms with Crippen LogP contribution in [0.15, 0.2) is 66.2 Å². The summed E-state index contributed by atoms with van der Waals surface area (Å²) < 4.78 is 16.4. The van der Waals surface area contributed by atoms with Gasteiger partial charge in [0.1, 0.15) is 5.82 Å². The van der Waals surface area contributed by atoms with Gasteiger partial charge in [0.15, 0.2) is 0 Å². The Labute approximate surface area is 167 Å². The predicted molar refractivity (Wildman–Crippen MR) is 111 cm³/mol. The van der Waals surface area contributed by atoms with E-state index in [4.69, 9.17) is 23.2 Å². The summed E-state index contributed by atoms with van der Waals surface area (Å²) in [5, 5.41) is 0. The third kappa shape index (κ3) is 5.08. The van der Waals surface area contributed by atoms with Crippen LogP contribution in [0.4, 0.5) is 15.8 Å². The first-order valence-corrected chi connectivity index (χ1v) is 9.57. The molecule has 0 saturated carbocycles. The predicted octanol–water partition coefficient (Wildman–Crippen LogP) is 5.05. The molecule has 0 amide bonds. The zero-order chi connectivity index (χ0) is 19.1. The number of benzene rings is 2. The van der Waals surface area contributed by atoms with E-state index >= 15 is 0 Å². The largest absolute Gasteiger partial charge is 0.369 e. The maximum absolute atomic E-state index is 14.4. The van der Waals surface area contributed by atoms with Crippen LogP contribution in [0.1, 0.15) is 5.56 Å². The van der Waals surface area contributed by atoms with Gasteiger partial charge in [-0.3, -0.25) is 4.99 Å². The molecule has 0 radical (unpaired) electrons. The highest BCUT2D eigenvalue weighted by Gasteiger charge is 2.08. The molecule has 27 heavy (non-hydrogen) atoms. The number of aromatic nitrogens is 2. The Morgan fingerprint density at radius 2 is 1.81 bits per heavy atom. The molecule has 1 heterocycles. The minimum Gasteiger partial charge on any atom is -0.369 e. The Morgan fingerprint density at radius 1 is 1.07 bits per heavy atom. The fourth-order valence-electron chi connectivity index (χ4n) is 2.66. The molecule has 0 bridgehead atoms. The Bertz CT molecular complexity index is 874. The molecule has 0 aliphatic rings. The highest BCUT2D eigenvalue weighted by molar-refractivity contribution is 6.18. The van der Waals surface area contributed by atoms with Crippen LogP contribution in [0.2, 0.25) is 0 Å². The zero-order valence-electron chi connectivity index (χ0n) is 14.6. The first-order chi connectivity index (χ1) is 13.2. The van der Waals surface area contributed by atoms with E-state index in [-0.39, 0.29) is 5.82 Å². The summed E-state index contributed by atoms with van der Waals surface area (Å²) in [6.07, 6.45) is 6.85. The molecule has 7 heteroatoms. The third-order valence-corrected chi connectivity index (χ3v) is 4.40. The Balaban J connectivity index is 1.73. The van der Waals surface area contributed by atoms with Crippen LogP contribution in [-0.4, -0.2) is 40.6 Å². The first-order valence-electron chi connectivity index (χ1n) is 8.50. The number of alkyl halides is 2. The quantitative estimate of drug-likeness (QED) is 0.388. The standard InChI is InChI=1S/C20H19Cl2FN4/c21-7-10-26(11-8-22)19-4-1-16(20(23)13-19)14-25-17-2-5-18(6-3-17)27-12-9-24-15-27/h1-6,9,12-15H,7-8,10-11H2. The van der Waals surface area contributed by atoms with Crippen LogP contribution in [-0.2, 0) is 0 Å². The highest BCUT2D eigenvalue weighted by atomic mass is 35.5. The van der Waals surface area contributed by atoms with Crippen molar-refractivity contribution in [1.29, 1.82) is 0 Å². The third-order valence-electron chi connectivity index (χ3n) is 4.06. The van der Waals surface area contributed by atoms with E-state index in [1.54, 1.807) is 18.6 Å². The van der Waals surface area contributed by atoms with Gasteiger partial charge in [-0.15, -0.1) is 23.2 Å². The summed E-state index contributed by atoms with van der Waals surface area (Å²) in [5.74, 6) is 0.577. The normalized spacial score (nSPS) is 11.2. The molecular formula is C20H19Cl2FN4. The fraction of sp³-hybridized carbons (Fsp3) is 0.200. The molecule has 0 fully saturated rings. The maximum Gasteiger partial charge on any atom is 0.134 e. The molecule has 0 aliphatic carbocycles. The van der Waals surface area contributed by atoms with E-state index in [1.165, 1.54) is 12.3 Å². The van der Waals surface area contributed by atoms with E-state index < -0.39 is 0 Å². The number of hydrogen-bond acceptors (Lipinski definition) is 3. The fourth-order valence-corrected chi connectivity index (χ4v) is 3.07. The molecule has 0 aliphatic heterocycles. The van der Waals surface area contributed by atoms with Crippen molar-refractivity contribution in [2.24, 2.45) is 4.99 Å². The van der Waals surface area contributed by atoms with Crippen LogP contribution in [0.25, 0.3) is 5.69 Å². The van der Waals surface area contributed by atoms with E-state index in [2.05, 4.69) is 9.98 Å². The van der Waals surface area contributed by atoms with Gasteiger partial charge in [0.2, 0.25) is 0 Å². The van der Waals surface area contributed by atoms with E-state index in [0.29, 0.717) is 30.4 Å². The van der Waals surface area contributed by atoms with Crippen LogP contribution < -0.4 is 4.90 Å². The topological polar surface area (TPSA) is 33.4 Å². The lowest BCUT2D eigenvalue weighted by Crippen LogP contribution is -2.27. The minimum atomic E-state index is -0.333. The second-order valence-electron chi connectivity index (χ2n) is 5.82. The summed E-state index contributed by atoms with van der Waals surface area (Å²) in [4.78, 5) is 10.3. The van der Waals surface area contributed by atoms with Gasteiger partial charge in [0, 0.05) is 60.4 Å². The molecule has 0 atom stereocenters. The average Bonchev–Trinajstić information content (AvgIpc) is 3.22. The summed E-state index contributed by atoms with van der Waals surface area (Å²) in [6, 6.07) is 12.7. The van der Waals surface area contributed by atoms with Crippen molar-refractivity contribution in [2.75, 3.05) is 29.7 Å². The zero-order valence-corrected chi connectivity index (χ0v) is 16.1. The number of rotatable bonds is 8. The van der Waals surface area contributed by atoms with Gasteiger partial charge in [-0.25, -0.2) is 9.37 Å². The Kier molecular flexibility index (Phi) is 6.85. The van der Waals surface area contributed by atoms with E-state index in [1.807, 2.05) is 46.0 Å². The lowest BCUT2D eigenvalue weighted by molar-refractivity contribution is 0.625. The first kappa shape index (κ1) is 19.4. The van der Waals surface area contributed by atoms with Crippen molar-refractivity contribution in [2.45, 2.75) is 0 Å². The molecular weight excluding hydrogens is 386 g/mol. The number of hydrogen-bond donors (Lipinski definition) is 0. The molecule has 0 unspecified atom stereocenters. The van der Waals surface area contributed by atoms with Crippen molar-refractivity contribution in [3.05, 3.63) is 72.6 Å². The average molecular weight is 405 g/mol. The van der Waals surface area contributed by atoms with Crippen LogP contribution in [0.5, 0.6) is 0 Å². The van der Waals surface area contributed by atoms with Gasteiger partial charge < -0.3 is 9.47 Å². The highest BCUT2D eigenvalue weighted by Crippen LogP contribution is 2.20. The van der Waals surface area contributed by atoms with E-state index in [0.717, 1.165) is 17.1 Å². The lowest BCUT2D eigenvalue weighted by Gasteiger charge is -2.23. The van der Waals surface area contributed by atoms with Gasteiger partial charge >= 0.3 is 0 Å². The molecule has 0 saturated heterocycles. The smallest absolute Gasteiger partial charge is 0.134 e. The lowest BCUT2D eigenvalue weighted by atomic mass is 10.2. The summed E-state index contributed by atoms with van der Waals surface area (Å²) in [5.41, 5.74) is 2.92. The monoisotopic (exact) mass is 404 g/mol. The summed E-state index contributed by atoms with van der Waals surface area (Å²) in [6.45, 7) is 1.23. The summed E-state index contributed by atoms with van der Waals surface area (Å²) >= 11 is 11.6. The number of anilines is 1. The van der Waals surface area contributed by atoms with Crippen LogP contribution in [0.3, 0.4) is 0 Å². The van der Waals surface area contributed by atoms with Crippen molar-refractivity contribution < 1.29 is 4.39 Å². The number of aliphatic imine (C=N–C) groups is 1. The molecule has 3 rings (SSSR count). The molecule has 1 aromatic heterocycles. The van der Waals surface area contributed by atoms with Gasteiger partial charge in [-0.05, 0) is 42.5 Å². The van der Waals surface area contributed by atoms with Crippen molar-refractivity contribution in [3.8, 4) is 5.69 Å². The molecule has 4 nitrogen and oxygen atoms in total. The summed E-state index contributed by atoms with van der Waals surface area (Å²) in [7, 11) is 0. The number of nitrogens with zero attached hydrogens (tertiary/aromatic N) is 4. The van der Waals surface area contributed by atoms with Crippen LogP contribution in [0, 0.1) is 5.82 Å². The van der Waals surface area contributed by atoms with Gasteiger partial charge in [-0.2, -0.15) is 0 Å². The molecule has 0 N–H and O–H groups in total. The van der Waals surface area contributed by atoms with Crippen LogP contribution >= 0.6 is 23.2 Å². The van der Waals surface area contributed by atoms with Gasteiger partial charge in [-0.1, -0.05) is 0 Å². The number of halogens is 3. The van der Waals surface area contributed by atoms with Gasteiger partial charge in [0.05, 0.1) is 12.0 Å². The van der Waals surface area contributed by atoms with E-state index in [9.17, 15) is 4.39 Å². The molecule has 3 aromatic rings.